The standard InChI is InChI=1S/C24H26N4O4/c1-27-22(29)14-20(16-8-10-25-11-9-16)26-24(27)28-12-4-5-17(15-28)23(30)19-7-6-18(31-2)13-21(19)32-3/h6-11,13-14,17H,4-5,12,15H2,1-3H3. The Morgan fingerprint density at radius 2 is 1.88 bits per heavy atom. The van der Waals surface area contributed by atoms with Crippen LogP contribution in [0.15, 0.2) is 53.6 Å². The number of carbonyl (C=O) groups is 1. The molecule has 1 unspecified atom stereocenters. The summed E-state index contributed by atoms with van der Waals surface area (Å²) in [5.41, 5.74) is 1.81. The van der Waals surface area contributed by atoms with Crippen LogP contribution in [0.1, 0.15) is 23.2 Å². The predicted molar refractivity (Wildman–Crippen MR) is 122 cm³/mol. The molecule has 0 radical (unpaired) electrons. The molecule has 166 valence electrons. The lowest BCUT2D eigenvalue weighted by Gasteiger charge is -2.33. The number of methoxy groups -OCH3 is 2. The topological polar surface area (TPSA) is 86.5 Å². The lowest BCUT2D eigenvalue weighted by atomic mass is 9.89. The normalized spacial score (nSPS) is 16.0. The number of ether oxygens (including phenoxy) is 2. The molecule has 2 aromatic heterocycles. The van der Waals surface area contributed by atoms with Gasteiger partial charge in [0.25, 0.3) is 5.56 Å². The minimum Gasteiger partial charge on any atom is -0.497 e. The number of hydrogen-bond donors (Lipinski definition) is 0. The third kappa shape index (κ3) is 4.21. The van der Waals surface area contributed by atoms with Gasteiger partial charge in [-0.25, -0.2) is 4.98 Å². The van der Waals surface area contributed by atoms with Crippen molar-refractivity contribution in [3.63, 3.8) is 0 Å². The molecule has 1 aliphatic rings. The summed E-state index contributed by atoms with van der Waals surface area (Å²) in [5, 5.41) is 0. The van der Waals surface area contributed by atoms with Crippen LogP contribution in [0, 0.1) is 5.92 Å². The van der Waals surface area contributed by atoms with Gasteiger partial charge in [-0.05, 0) is 37.1 Å². The summed E-state index contributed by atoms with van der Waals surface area (Å²) < 4.78 is 12.2. The van der Waals surface area contributed by atoms with Crippen molar-refractivity contribution >= 4 is 11.7 Å². The second-order valence-electron chi connectivity index (χ2n) is 7.79. The van der Waals surface area contributed by atoms with Gasteiger partial charge in [-0.15, -0.1) is 0 Å². The van der Waals surface area contributed by atoms with Crippen LogP contribution < -0.4 is 19.9 Å². The van der Waals surface area contributed by atoms with Crippen molar-refractivity contribution < 1.29 is 14.3 Å². The van der Waals surface area contributed by atoms with E-state index in [4.69, 9.17) is 14.5 Å². The Hall–Kier alpha value is -3.68. The molecule has 3 aromatic rings. The molecule has 0 bridgehead atoms. The maximum atomic E-state index is 13.4. The average Bonchev–Trinajstić information content (AvgIpc) is 2.85. The first-order valence-corrected chi connectivity index (χ1v) is 10.5. The summed E-state index contributed by atoms with van der Waals surface area (Å²) in [7, 11) is 4.83. The number of Topliss-reactive ketones (excluding diaryl/α,β-unsaturated/α-hetero) is 1. The highest BCUT2D eigenvalue weighted by atomic mass is 16.5. The summed E-state index contributed by atoms with van der Waals surface area (Å²) in [6.45, 7) is 1.21. The van der Waals surface area contributed by atoms with Crippen molar-refractivity contribution in [3.05, 3.63) is 64.7 Å². The van der Waals surface area contributed by atoms with Gasteiger partial charge >= 0.3 is 0 Å². The number of benzene rings is 1. The smallest absolute Gasteiger partial charge is 0.255 e. The van der Waals surface area contributed by atoms with Gasteiger partial charge in [0.15, 0.2) is 5.78 Å². The van der Waals surface area contributed by atoms with Crippen LogP contribution in [0.4, 0.5) is 5.95 Å². The highest BCUT2D eigenvalue weighted by Crippen LogP contribution is 2.30. The van der Waals surface area contributed by atoms with Gasteiger partial charge in [-0.3, -0.25) is 19.1 Å². The van der Waals surface area contributed by atoms with E-state index in [0.717, 1.165) is 24.9 Å². The molecular weight excluding hydrogens is 408 g/mol. The van der Waals surface area contributed by atoms with Gasteiger partial charge in [0.2, 0.25) is 5.95 Å². The van der Waals surface area contributed by atoms with E-state index >= 15 is 0 Å². The minimum atomic E-state index is -0.229. The molecule has 0 aliphatic carbocycles. The van der Waals surface area contributed by atoms with E-state index < -0.39 is 0 Å². The highest BCUT2D eigenvalue weighted by molar-refractivity contribution is 6.01. The number of carbonyl (C=O) groups excluding carboxylic acids is 1. The van der Waals surface area contributed by atoms with Crippen molar-refractivity contribution in [2.45, 2.75) is 12.8 Å². The van der Waals surface area contributed by atoms with Crippen molar-refractivity contribution in [1.29, 1.82) is 0 Å². The molecule has 8 heteroatoms. The molecule has 0 saturated carbocycles. The maximum Gasteiger partial charge on any atom is 0.255 e. The van der Waals surface area contributed by atoms with E-state index in [1.165, 1.54) is 10.6 Å². The Kier molecular flexibility index (Phi) is 6.20. The van der Waals surface area contributed by atoms with Gasteiger partial charge in [-0.1, -0.05) is 0 Å². The lowest BCUT2D eigenvalue weighted by Crippen LogP contribution is -2.42. The zero-order valence-corrected chi connectivity index (χ0v) is 18.4. The van der Waals surface area contributed by atoms with Crippen LogP contribution in [0.3, 0.4) is 0 Å². The van der Waals surface area contributed by atoms with E-state index in [2.05, 4.69) is 4.98 Å². The Bertz CT molecular complexity index is 1180. The van der Waals surface area contributed by atoms with Gasteiger partial charge in [0.05, 0.1) is 25.5 Å². The number of pyridine rings is 1. The van der Waals surface area contributed by atoms with E-state index in [1.54, 1.807) is 51.9 Å². The number of rotatable bonds is 6. The Labute approximate surface area is 186 Å². The fraction of sp³-hybridized carbons (Fsp3) is 0.333. The maximum absolute atomic E-state index is 13.4. The molecule has 1 saturated heterocycles. The first-order valence-electron chi connectivity index (χ1n) is 10.5. The second-order valence-corrected chi connectivity index (χ2v) is 7.79. The Balaban J connectivity index is 1.63. The second kappa shape index (κ2) is 9.21. The predicted octanol–water partition coefficient (Wildman–Crippen LogP) is 2.96. The van der Waals surface area contributed by atoms with Crippen molar-refractivity contribution in [2.75, 3.05) is 32.2 Å². The molecule has 8 nitrogen and oxygen atoms in total. The molecule has 0 N–H and O–H groups in total. The summed E-state index contributed by atoms with van der Waals surface area (Å²) in [5.74, 6) is 1.48. The van der Waals surface area contributed by atoms with Crippen molar-refractivity contribution in [1.82, 2.24) is 14.5 Å². The van der Waals surface area contributed by atoms with Crippen LogP contribution in [0.25, 0.3) is 11.3 Å². The summed E-state index contributed by atoms with van der Waals surface area (Å²) in [6.07, 6.45) is 4.94. The monoisotopic (exact) mass is 434 g/mol. The first kappa shape index (κ1) is 21.5. The fourth-order valence-corrected chi connectivity index (χ4v) is 4.08. The lowest BCUT2D eigenvalue weighted by molar-refractivity contribution is 0.0903. The zero-order valence-electron chi connectivity index (χ0n) is 18.4. The average molecular weight is 434 g/mol. The van der Waals surface area contributed by atoms with Crippen molar-refractivity contribution in [2.24, 2.45) is 13.0 Å². The Morgan fingerprint density at radius 3 is 2.59 bits per heavy atom. The zero-order chi connectivity index (χ0) is 22.7. The van der Waals surface area contributed by atoms with Crippen molar-refractivity contribution in [3.8, 4) is 22.8 Å². The van der Waals surface area contributed by atoms with Crippen LogP contribution in [-0.4, -0.2) is 47.6 Å². The molecule has 3 heterocycles. The van der Waals surface area contributed by atoms with Gasteiger partial charge in [0.1, 0.15) is 11.5 Å². The summed E-state index contributed by atoms with van der Waals surface area (Å²) >= 11 is 0. The molecule has 1 fully saturated rings. The largest absolute Gasteiger partial charge is 0.497 e. The number of aromatic nitrogens is 3. The molecule has 0 amide bonds. The van der Waals surface area contributed by atoms with Crippen LogP contribution in [0.5, 0.6) is 11.5 Å². The summed E-state index contributed by atoms with van der Waals surface area (Å²) in [4.78, 5) is 36.8. The van der Waals surface area contributed by atoms with E-state index in [-0.39, 0.29) is 17.3 Å². The van der Waals surface area contributed by atoms with E-state index in [0.29, 0.717) is 35.2 Å². The minimum absolute atomic E-state index is 0.0180. The van der Waals surface area contributed by atoms with Crippen LogP contribution >= 0.6 is 0 Å². The molecule has 1 aromatic carbocycles. The highest BCUT2D eigenvalue weighted by Gasteiger charge is 2.30. The third-order valence-electron chi connectivity index (χ3n) is 5.84. The van der Waals surface area contributed by atoms with Gasteiger partial charge < -0.3 is 14.4 Å². The molecule has 0 spiro atoms. The molecule has 1 atom stereocenters. The van der Waals surface area contributed by atoms with E-state index in [9.17, 15) is 9.59 Å². The fourth-order valence-electron chi connectivity index (χ4n) is 4.08. The number of hydrogen-bond acceptors (Lipinski definition) is 7. The molecule has 32 heavy (non-hydrogen) atoms. The quantitative estimate of drug-likeness (QED) is 0.551. The molecule has 4 rings (SSSR count). The summed E-state index contributed by atoms with van der Waals surface area (Å²) in [6, 6.07) is 10.4. The van der Waals surface area contributed by atoms with Gasteiger partial charge in [0, 0.05) is 56.1 Å². The number of nitrogens with zero attached hydrogens (tertiary/aromatic N) is 4. The van der Waals surface area contributed by atoms with Crippen LogP contribution in [0.2, 0.25) is 0 Å². The van der Waals surface area contributed by atoms with E-state index in [1.807, 2.05) is 17.0 Å². The van der Waals surface area contributed by atoms with Gasteiger partial charge in [-0.2, -0.15) is 0 Å². The SMILES string of the molecule is COc1ccc(C(=O)C2CCCN(c3nc(-c4ccncc4)cc(=O)n3C)C2)c(OC)c1. The number of ketones is 1. The molecular formula is C24H26N4O4. The van der Waals surface area contributed by atoms with Crippen LogP contribution in [-0.2, 0) is 7.05 Å². The first-order chi connectivity index (χ1) is 15.5. The Morgan fingerprint density at radius 1 is 1.09 bits per heavy atom. The number of anilines is 1. The molecule has 1 aliphatic heterocycles. The third-order valence-corrected chi connectivity index (χ3v) is 5.84. The number of piperidine rings is 1.